The first kappa shape index (κ1) is 10.4. The summed E-state index contributed by atoms with van der Waals surface area (Å²) in [5, 5.41) is 3.41. The summed E-state index contributed by atoms with van der Waals surface area (Å²) in [6.45, 7) is 10.3. The first-order chi connectivity index (χ1) is 6.52. The number of rotatable bonds is 0. The highest BCUT2D eigenvalue weighted by molar-refractivity contribution is 4.95. The molecular formula is C12H23NO. The smallest absolute Gasteiger partial charge is 0.0710 e. The second kappa shape index (κ2) is 3.49. The van der Waals surface area contributed by atoms with E-state index >= 15 is 0 Å². The molecule has 0 saturated carbocycles. The second-order valence-electron chi connectivity index (χ2n) is 6.01. The number of ether oxygens (including phenoxy) is 1. The Balaban J connectivity index is 1.99. The lowest BCUT2D eigenvalue weighted by Crippen LogP contribution is -2.41. The lowest BCUT2D eigenvalue weighted by molar-refractivity contribution is -0.0204. The van der Waals surface area contributed by atoms with Crippen LogP contribution in [0.15, 0.2) is 0 Å². The summed E-state index contributed by atoms with van der Waals surface area (Å²) in [7, 11) is 0. The molecule has 0 radical (unpaired) electrons. The fourth-order valence-corrected chi connectivity index (χ4v) is 2.63. The minimum absolute atomic E-state index is 0.239. The third-order valence-electron chi connectivity index (χ3n) is 3.95. The molecule has 2 aliphatic rings. The van der Waals surface area contributed by atoms with Crippen LogP contribution in [-0.2, 0) is 4.74 Å². The third-order valence-corrected chi connectivity index (χ3v) is 3.95. The van der Waals surface area contributed by atoms with E-state index < -0.39 is 0 Å². The van der Waals surface area contributed by atoms with Gasteiger partial charge >= 0.3 is 0 Å². The van der Waals surface area contributed by atoms with Crippen molar-refractivity contribution in [3.8, 4) is 0 Å². The average Bonchev–Trinajstić information content (AvgIpc) is 2.50. The van der Waals surface area contributed by atoms with Crippen LogP contribution in [0.4, 0.5) is 0 Å². The molecule has 1 spiro atoms. The molecule has 0 aromatic heterocycles. The van der Waals surface area contributed by atoms with E-state index in [0.29, 0.717) is 5.41 Å². The minimum Gasteiger partial charge on any atom is -0.375 e. The van der Waals surface area contributed by atoms with Gasteiger partial charge in [-0.1, -0.05) is 20.8 Å². The molecular weight excluding hydrogens is 174 g/mol. The maximum absolute atomic E-state index is 6.08. The van der Waals surface area contributed by atoms with Crippen molar-refractivity contribution >= 4 is 0 Å². The summed E-state index contributed by atoms with van der Waals surface area (Å²) in [4.78, 5) is 0. The van der Waals surface area contributed by atoms with Crippen molar-refractivity contribution in [1.29, 1.82) is 0 Å². The number of hydrogen-bond acceptors (Lipinski definition) is 2. The first-order valence-electron chi connectivity index (χ1n) is 5.87. The minimum atomic E-state index is 0.239. The molecule has 2 heterocycles. The van der Waals surface area contributed by atoms with Gasteiger partial charge in [0.15, 0.2) is 0 Å². The Kier molecular flexibility index (Phi) is 2.61. The van der Waals surface area contributed by atoms with Gasteiger partial charge in [-0.05, 0) is 43.7 Å². The highest BCUT2D eigenvalue weighted by atomic mass is 16.5. The summed E-state index contributed by atoms with van der Waals surface area (Å²) in [5.41, 5.74) is 0.650. The monoisotopic (exact) mass is 197 g/mol. The van der Waals surface area contributed by atoms with Crippen LogP contribution in [0, 0.1) is 11.3 Å². The van der Waals surface area contributed by atoms with E-state index in [9.17, 15) is 0 Å². The third kappa shape index (κ3) is 1.96. The quantitative estimate of drug-likeness (QED) is 0.643. The van der Waals surface area contributed by atoms with Gasteiger partial charge in [0, 0.05) is 0 Å². The molecule has 2 rings (SSSR count). The Morgan fingerprint density at radius 1 is 1.21 bits per heavy atom. The van der Waals surface area contributed by atoms with Gasteiger partial charge in [0.05, 0.1) is 12.2 Å². The zero-order chi connectivity index (χ0) is 10.2. The zero-order valence-corrected chi connectivity index (χ0v) is 9.73. The van der Waals surface area contributed by atoms with E-state index in [4.69, 9.17) is 4.74 Å². The van der Waals surface area contributed by atoms with Crippen molar-refractivity contribution in [2.24, 2.45) is 11.3 Å². The summed E-state index contributed by atoms with van der Waals surface area (Å²) >= 11 is 0. The van der Waals surface area contributed by atoms with E-state index in [1.54, 1.807) is 0 Å². The molecule has 0 aliphatic carbocycles. The van der Waals surface area contributed by atoms with Crippen molar-refractivity contribution in [2.75, 3.05) is 19.7 Å². The van der Waals surface area contributed by atoms with Gasteiger partial charge in [-0.2, -0.15) is 0 Å². The summed E-state index contributed by atoms with van der Waals surface area (Å²) in [6.07, 6.45) is 3.69. The van der Waals surface area contributed by atoms with E-state index in [2.05, 4.69) is 26.1 Å². The van der Waals surface area contributed by atoms with Gasteiger partial charge in [-0.25, -0.2) is 0 Å². The molecule has 0 aromatic rings. The fraction of sp³-hybridized carbons (Fsp3) is 1.00. The Hall–Kier alpha value is -0.0800. The average molecular weight is 197 g/mol. The van der Waals surface area contributed by atoms with E-state index in [0.717, 1.165) is 25.6 Å². The maximum Gasteiger partial charge on any atom is 0.0710 e. The van der Waals surface area contributed by atoms with Crippen molar-refractivity contribution in [3.63, 3.8) is 0 Å². The Morgan fingerprint density at radius 2 is 1.86 bits per heavy atom. The molecule has 82 valence electrons. The van der Waals surface area contributed by atoms with Gasteiger partial charge in [0.25, 0.3) is 0 Å². The Morgan fingerprint density at radius 3 is 2.36 bits per heavy atom. The van der Waals surface area contributed by atoms with Crippen molar-refractivity contribution in [1.82, 2.24) is 5.32 Å². The molecule has 0 amide bonds. The van der Waals surface area contributed by atoms with E-state index in [1.807, 2.05) is 0 Å². The van der Waals surface area contributed by atoms with Gasteiger partial charge < -0.3 is 10.1 Å². The van der Waals surface area contributed by atoms with Crippen LogP contribution in [0.2, 0.25) is 0 Å². The Labute approximate surface area is 87.4 Å². The van der Waals surface area contributed by atoms with Gasteiger partial charge in [-0.15, -0.1) is 0 Å². The molecule has 2 aliphatic heterocycles. The molecule has 1 atom stereocenters. The van der Waals surface area contributed by atoms with Crippen molar-refractivity contribution < 1.29 is 4.74 Å². The zero-order valence-electron chi connectivity index (χ0n) is 9.73. The molecule has 1 N–H and O–H groups in total. The Bertz CT molecular complexity index is 201. The van der Waals surface area contributed by atoms with Crippen LogP contribution in [0.3, 0.4) is 0 Å². The SMILES string of the molecule is CC(C)(C)C1COC2(CCNCC2)C1. The van der Waals surface area contributed by atoms with E-state index in [1.165, 1.54) is 19.3 Å². The molecule has 2 fully saturated rings. The lowest BCUT2D eigenvalue weighted by atomic mass is 9.75. The van der Waals surface area contributed by atoms with Gasteiger partial charge in [-0.3, -0.25) is 0 Å². The van der Waals surface area contributed by atoms with Gasteiger partial charge in [0.2, 0.25) is 0 Å². The topological polar surface area (TPSA) is 21.3 Å². The molecule has 14 heavy (non-hydrogen) atoms. The largest absolute Gasteiger partial charge is 0.375 e. The molecule has 2 nitrogen and oxygen atoms in total. The molecule has 0 aromatic carbocycles. The molecule has 0 bridgehead atoms. The summed E-state index contributed by atoms with van der Waals surface area (Å²) in [6, 6.07) is 0. The number of hydrogen-bond donors (Lipinski definition) is 1. The predicted molar refractivity (Wildman–Crippen MR) is 58.3 cm³/mol. The standard InChI is InChI=1S/C12H23NO/c1-11(2,3)10-8-12(14-9-10)4-6-13-7-5-12/h10,13H,4-9H2,1-3H3. The fourth-order valence-electron chi connectivity index (χ4n) is 2.63. The summed E-state index contributed by atoms with van der Waals surface area (Å²) < 4.78 is 6.08. The van der Waals surface area contributed by atoms with Crippen LogP contribution < -0.4 is 5.32 Å². The lowest BCUT2D eigenvalue weighted by Gasteiger charge is -2.34. The first-order valence-corrected chi connectivity index (χ1v) is 5.87. The predicted octanol–water partition coefficient (Wildman–Crippen LogP) is 2.19. The maximum atomic E-state index is 6.08. The van der Waals surface area contributed by atoms with Crippen LogP contribution in [-0.4, -0.2) is 25.3 Å². The van der Waals surface area contributed by atoms with Crippen LogP contribution in [0.25, 0.3) is 0 Å². The highest BCUT2D eigenvalue weighted by Crippen LogP contribution is 2.43. The molecule has 2 saturated heterocycles. The van der Waals surface area contributed by atoms with Crippen molar-refractivity contribution in [3.05, 3.63) is 0 Å². The highest BCUT2D eigenvalue weighted by Gasteiger charge is 2.44. The second-order valence-corrected chi connectivity index (χ2v) is 6.01. The van der Waals surface area contributed by atoms with Crippen LogP contribution in [0.1, 0.15) is 40.0 Å². The van der Waals surface area contributed by atoms with Gasteiger partial charge in [0.1, 0.15) is 0 Å². The molecule has 2 heteroatoms. The van der Waals surface area contributed by atoms with Crippen molar-refractivity contribution in [2.45, 2.75) is 45.6 Å². The molecule has 1 unspecified atom stereocenters. The van der Waals surface area contributed by atoms with Crippen LogP contribution in [0.5, 0.6) is 0 Å². The van der Waals surface area contributed by atoms with Crippen LogP contribution >= 0.6 is 0 Å². The number of piperidine rings is 1. The normalized spacial score (nSPS) is 32.4. The van der Waals surface area contributed by atoms with E-state index in [-0.39, 0.29) is 5.60 Å². The number of nitrogens with one attached hydrogen (secondary N) is 1. The summed E-state index contributed by atoms with van der Waals surface area (Å²) in [5.74, 6) is 0.751.